The second-order valence-corrected chi connectivity index (χ2v) is 23.9. The van der Waals surface area contributed by atoms with Crippen molar-refractivity contribution < 1.29 is 72.5 Å². The van der Waals surface area contributed by atoms with Crippen molar-refractivity contribution in [2.24, 2.45) is 10.8 Å². The summed E-state index contributed by atoms with van der Waals surface area (Å²) in [7, 11) is 1.27. The van der Waals surface area contributed by atoms with Crippen LogP contribution in [0, 0.1) is 24.7 Å². The smallest absolute Gasteiger partial charge is 0.870 e. The molecule has 0 radical (unpaired) electrons. The number of nitrogens with zero attached hydrogens (tertiary/aromatic N) is 12. The minimum Gasteiger partial charge on any atom is -0.870 e. The summed E-state index contributed by atoms with van der Waals surface area (Å²) in [6.07, 6.45) is 9.39. The molecule has 2 aliphatic heterocycles. The number of pyridine rings is 2. The van der Waals surface area contributed by atoms with E-state index in [1.165, 1.54) is 54.6 Å². The number of ketones is 2. The molecule has 4 N–H and O–H groups in total. The molecule has 2 saturated heterocycles. The van der Waals surface area contributed by atoms with Gasteiger partial charge in [0.15, 0.2) is 11.6 Å². The normalized spacial score (nSPS) is 20.2. The summed E-state index contributed by atoms with van der Waals surface area (Å²) in [5.41, 5.74) is 4.80. The zero-order chi connectivity index (χ0) is 60.6. The van der Waals surface area contributed by atoms with Gasteiger partial charge in [-0.3, -0.25) is 38.1 Å². The Morgan fingerprint density at radius 2 is 0.989 bits per heavy atom. The second kappa shape index (κ2) is 24.4. The first-order valence-corrected chi connectivity index (χ1v) is 28.5. The Morgan fingerprint density at radius 3 is 1.37 bits per heavy atom. The van der Waals surface area contributed by atoms with Gasteiger partial charge in [-0.1, -0.05) is 26.0 Å². The molecule has 2 saturated carbocycles. The first-order valence-electron chi connectivity index (χ1n) is 26.9. The Morgan fingerprint density at radius 1 is 0.598 bits per heavy atom. The van der Waals surface area contributed by atoms with E-state index in [1.54, 1.807) is 48.4 Å². The maximum absolute atomic E-state index is 13.8. The molecule has 0 spiro atoms. The summed E-state index contributed by atoms with van der Waals surface area (Å²) in [6, 6.07) is 14.9. The number of carboxylic acids is 1. The predicted octanol–water partition coefficient (Wildman–Crippen LogP) is 4.67. The number of nitrogens with one attached hydrogen (secondary N) is 2. The quantitative estimate of drug-likeness (QED) is 0.0576. The molecular weight excluding hydrogens is 1250 g/mol. The number of anilines is 2. The number of Topliss-reactive ketones (excluding diaryl/α,β-unsaturated/α-hetero) is 2. The summed E-state index contributed by atoms with van der Waals surface area (Å²) in [5.74, 6) is -2.08. The first kappa shape index (κ1) is 63.0. The Kier molecular flexibility index (Phi) is 17.6. The fourth-order valence-electron chi connectivity index (χ4n) is 11.6. The van der Waals surface area contributed by atoms with Gasteiger partial charge in [0.05, 0.1) is 29.3 Å². The Labute approximate surface area is 525 Å². The third-order valence-electron chi connectivity index (χ3n) is 16.2. The van der Waals surface area contributed by atoms with E-state index < -0.39 is 35.8 Å². The molecule has 25 nitrogen and oxygen atoms in total. The number of hydrogen-bond acceptors (Lipinski definition) is 18. The number of aromatic carboxylic acids is 1. The number of rotatable bonds is 14. The second-order valence-electron chi connectivity index (χ2n) is 22.3. The number of likely N-dealkylation sites (tertiary alicyclic amines) is 2. The van der Waals surface area contributed by atoms with Gasteiger partial charge in [0, 0.05) is 72.6 Å². The van der Waals surface area contributed by atoms with Gasteiger partial charge in [-0.05, 0) is 142 Å². The van der Waals surface area contributed by atoms with Gasteiger partial charge in [-0.2, -0.15) is 10.2 Å². The topological polar surface area (TPSA) is 340 Å². The van der Waals surface area contributed by atoms with Crippen molar-refractivity contribution in [2.75, 3.05) is 17.7 Å². The van der Waals surface area contributed by atoms with Crippen LogP contribution in [-0.2, 0) is 37.0 Å². The minimum absolute atomic E-state index is 0. The molecule has 4 amide bonds. The number of carbonyl (C=O) groups is 8. The van der Waals surface area contributed by atoms with E-state index in [4.69, 9.17) is 4.74 Å². The third kappa shape index (κ3) is 12.6. The van der Waals surface area contributed by atoms with Crippen molar-refractivity contribution in [3.63, 3.8) is 0 Å². The SMILES string of the molecule is CC(=O)c1nn(CC(=O)N2[C@H](C(=O)Nc3cc(C(=O)O)cc(Br)n3)C[C@@]3(C)C[C@@H]23)c2ccc(-c3cnc(C)nc3)cc12.COC(=O)c1cc(Br)nc(NC(=O)[C@@H]2C[C@@]3(C)C[C@H]3N2C(=O)Cn2nc(C(C)=O)c3cc(-c4cnc(C)nc4)ccc32)c1.[Li+].[OH-]. The van der Waals surface area contributed by atoms with Gasteiger partial charge in [-0.15, -0.1) is 0 Å². The molecule has 8 aromatic rings. The number of benzene rings is 2. The third-order valence-corrected chi connectivity index (χ3v) is 17.0. The van der Waals surface area contributed by atoms with Gasteiger partial charge in [0.25, 0.3) is 0 Å². The average Bonchev–Trinajstić information content (AvgIpc) is 1.56. The summed E-state index contributed by atoms with van der Waals surface area (Å²) < 4.78 is 8.42. The number of hydrogen-bond donors (Lipinski definition) is 3. The van der Waals surface area contributed by atoms with E-state index >= 15 is 0 Å². The number of amides is 4. The van der Waals surface area contributed by atoms with Crippen molar-refractivity contribution in [1.29, 1.82) is 0 Å². The zero-order valence-electron chi connectivity index (χ0n) is 48.3. The van der Waals surface area contributed by atoms with Crippen molar-refractivity contribution in [3.05, 3.63) is 129 Å². The molecule has 4 aliphatic rings. The van der Waals surface area contributed by atoms with Gasteiger partial charge in [0.1, 0.15) is 69.1 Å². The van der Waals surface area contributed by atoms with Crippen LogP contribution in [0.5, 0.6) is 0 Å². The molecule has 2 aromatic carbocycles. The maximum atomic E-state index is 13.8. The van der Waals surface area contributed by atoms with Gasteiger partial charge in [0.2, 0.25) is 23.6 Å². The molecule has 28 heteroatoms. The molecular formula is C59H55Br2LiN14O11. The number of carboxylic acid groups (broad SMARTS) is 1. The predicted molar refractivity (Wildman–Crippen MR) is 316 cm³/mol. The Balaban J connectivity index is 0.000000203. The number of ether oxygens (including phenoxy) is 1. The van der Waals surface area contributed by atoms with Gasteiger partial charge in [-0.25, -0.2) is 39.5 Å². The van der Waals surface area contributed by atoms with Crippen molar-refractivity contribution in [2.45, 2.75) is 104 Å². The van der Waals surface area contributed by atoms with E-state index in [0.717, 1.165) is 35.1 Å². The first-order chi connectivity index (χ1) is 40.4. The van der Waals surface area contributed by atoms with Crippen LogP contribution < -0.4 is 29.5 Å². The van der Waals surface area contributed by atoms with E-state index in [-0.39, 0.29) is 122 Å². The summed E-state index contributed by atoms with van der Waals surface area (Å²) in [4.78, 5) is 132. The van der Waals surface area contributed by atoms with Crippen molar-refractivity contribution in [3.8, 4) is 22.3 Å². The average molecular weight is 1300 g/mol. The number of fused-ring (bicyclic) bond motifs is 4. The molecule has 0 unspecified atom stereocenters. The standard InChI is InChI=1S/C30H28BrN7O5.C29H26BrN7O5.Li.H2O/c1-15(39)27-20-7-17(19-12-32-16(2)33-13-19)5-6-21(20)37(36-27)14-26(40)38-22(10-30(3)11-23(30)38)28(41)35-25-9-18(29(42)43-4)8-24(31)34-25;1-14(38)26-19-6-16(18-11-31-15(2)32-12-18)4-5-20(19)36(35-26)13-25(39)37-21(9-29(3)10-22(29)37)27(40)34-24-8-17(28(41)42)7-23(30)33-24;;/h5-9,12-13,22-23H,10-11,14H2,1-4H3,(H,34,35,41);4-8,11-12,21-22H,9-10,13H2,1-3H3,(H,41,42)(H,33,34,40);;1H2/q;;+1;/p-1/t22-,23+,30-;21-,22+,29-;;/m00../s1. The van der Waals surface area contributed by atoms with Crippen molar-refractivity contribution >= 4 is 112 Å². The number of methoxy groups -OCH3 is 1. The van der Waals surface area contributed by atoms with Gasteiger partial charge >= 0.3 is 30.8 Å². The van der Waals surface area contributed by atoms with E-state index in [9.17, 15) is 43.5 Å². The molecule has 4 fully saturated rings. The van der Waals surface area contributed by atoms with Crippen LogP contribution in [-0.4, -0.2) is 148 Å². The van der Waals surface area contributed by atoms with Crippen LogP contribution in [0.3, 0.4) is 0 Å². The van der Waals surface area contributed by atoms with Gasteiger partial charge < -0.3 is 35.8 Å². The van der Waals surface area contributed by atoms with Crippen molar-refractivity contribution in [1.82, 2.24) is 59.3 Å². The van der Waals surface area contributed by atoms with E-state index in [0.29, 0.717) is 50.9 Å². The summed E-state index contributed by atoms with van der Waals surface area (Å²) in [6.45, 7) is 10.3. The zero-order valence-corrected chi connectivity index (χ0v) is 51.5. The van der Waals surface area contributed by atoms with Crippen LogP contribution in [0.25, 0.3) is 44.1 Å². The summed E-state index contributed by atoms with van der Waals surface area (Å²) >= 11 is 6.43. The Hall–Kier alpha value is -8.48. The van der Waals surface area contributed by atoms with Crippen LogP contribution in [0.2, 0.25) is 0 Å². The van der Waals surface area contributed by atoms with E-state index in [2.05, 4.69) is 89.5 Å². The fraction of sp³-hybridized carbons (Fsp3) is 0.322. The van der Waals surface area contributed by atoms with Crippen LogP contribution >= 0.6 is 31.9 Å². The largest absolute Gasteiger partial charge is 1.00 e. The number of aromatic nitrogens is 10. The molecule has 2 aliphatic carbocycles. The minimum atomic E-state index is -1.16. The summed E-state index contributed by atoms with van der Waals surface area (Å²) in [5, 5.41) is 25.0. The molecule has 442 valence electrons. The monoisotopic (exact) mass is 1300 g/mol. The van der Waals surface area contributed by atoms with Crippen LogP contribution in [0.15, 0.2) is 94.7 Å². The number of carbonyl (C=O) groups excluding carboxylic acids is 7. The molecule has 0 bridgehead atoms. The number of esters is 1. The maximum Gasteiger partial charge on any atom is 1.00 e. The Bertz CT molecular complexity index is 4160. The molecule has 6 aromatic heterocycles. The van der Waals surface area contributed by atoms with E-state index in [1.807, 2.05) is 43.3 Å². The van der Waals surface area contributed by atoms with Crippen LogP contribution in [0.4, 0.5) is 11.6 Å². The molecule has 87 heavy (non-hydrogen) atoms. The molecule has 8 heterocycles. The fourth-order valence-corrected chi connectivity index (χ4v) is 12.5. The van der Waals surface area contributed by atoms with Crippen LogP contribution in [0.1, 0.15) is 107 Å². The number of piperidine rings is 2. The number of halogens is 2. The molecule has 12 rings (SSSR count). The number of aryl methyl sites for hydroxylation is 2. The molecule has 6 atom stereocenters.